The maximum absolute atomic E-state index is 6.84. The average Bonchev–Trinajstić information content (AvgIpc) is 3.35. The van der Waals surface area contributed by atoms with Crippen molar-refractivity contribution in [1.82, 2.24) is 0 Å². The Kier molecular flexibility index (Phi) is 7.85. The van der Waals surface area contributed by atoms with Gasteiger partial charge in [-0.1, -0.05) is 49.4 Å². The second kappa shape index (κ2) is 11.4. The summed E-state index contributed by atoms with van der Waals surface area (Å²) in [5.41, 5.74) is 5.73. The highest BCUT2D eigenvalue weighted by Crippen LogP contribution is 2.49. The fraction of sp³-hybridized carbons (Fsp3) is 0.273. The Morgan fingerprint density at radius 2 is 1.39 bits per heavy atom. The SMILES string of the molecule is CCc1ccc(S)c(-c2cccc3c2OC(CCc2ccc(OC)cc2)(CCc2cccc(OC)c2)O3)c1. The maximum Gasteiger partial charge on any atom is 0.252 e. The number of rotatable bonds is 10. The largest absolute Gasteiger partial charge is 0.497 e. The van der Waals surface area contributed by atoms with Crippen molar-refractivity contribution in [1.29, 1.82) is 0 Å². The Morgan fingerprint density at radius 3 is 2.13 bits per heavy atom. The van der Waals surface area contributed by atoms with Crippen molar-refractivity contribution in [2.75, 3.05) is 14.2 Å². The van der Waals surface area contributed by atoms with Crippen molar-refractivity contribution in [2.45, 2.75) is 49.7 Å². The van der Waals surface area contributed by atoms with Crippen molar-refractivity contribution in [2.24, 2.45) is 0 Å². The smallest absolute Gasteiger partial charge is 0.252 e. The van der Waals surface area contributed by atoms with E-state index in [1.54, 1.807) is 14.2 Å². The molecule has 0 fully saturated rings. The van der Waals surface area contributed by atoms with Crippen LogP contribution in [0.15, 0.2) is 89.8 Å². The van der Waals surface area contributed by atoms with E-state index in [4.69, 9.17) is 31.6 Å². The van der Waals surface area contributed by atoms with Crippen LogP contribution in [0.1, 0.15) is 36.5 Å². The highest BCUT2D eigenvalue weighted by atomic mass is 32.1. The lowest BCUT2D eigenvalue weighted by atomic mass is 9.97. The number of hydrogen-bond acceptors (Lipinski definition) is 5. The summed E-state index contributed by atoms with van der Waals surface area (Å²) in [6, 6.07) is 28.9. The molecule has 0 saturated carbocycles. The molecule has 5 heteroatoms. The molecule has 0 aliphatic carbocycles. The van der Waals surface area contributed by atoms with Gasteiger partial charge in [-0.25, -0.2) is 0 Å². The number of benzene rings is 4. The highest BCUT2D eigenvalue weighted by molar-refractivity contribution is 7.80. The van der Waals surface area contributed by atoms with Gasteiger partial charge in [0.25, 0.3) is 5.79 Å². The van der Waals surface area contributed by atoms with Gasteiger partial charge in [0.15, 0.2) is 11.5 Å². The van der Waals surface area contributed by atoms with Gasteiger partial charge in [0.2, 0.25) is 0 Å². The minimum absolute atomic E-state index is 0.702. The highest BCUT2D eigenvalue weighted by Gasteiger charge is 2.42. The number of thiol groups is 1. The molecule has 0 radical (unpaired) electrons. The second-order valence-corrected chi connectivity index (χ2v) is 10.1. The maximum atomic E-state index is 6.84. The van der Waals surface area contributed by atoms with E-state index in [0.717, 1.165) is 58.3 Å². The fourth-order valence-corrected chi connectivity index (χ4v) is 5.22. The van der Waals surface area contributed by atoms with Crippen molar-refractivity contribution in [3.8, 4) is 34.1 Å². The van der Waals surface area contributed by atoms with Crippen LogP contribution in [0.4, 0.5) is 0 Å². The molecule has 1 unspecified atom stereocenters. The summed E-state index contributed by atoms with van der Waals surface area (Å²) in [6.45, 7) is 2.16. The van der Waals surface area contributed by atoms with Crippen LogP contribution in [0.2, 0.25) is 0 Å². The molecule has 0 N–H and O–H groups in total. The Morgan fingerprint density at radius 1 is 0.684 bits per heavy atom. The topological polar surface area (TPSA) is 36.9 Å². The van der Waals surface area contributed by atoms with Crippen LogP contribution in [0.25, 0.3) is 11.1 Å². The molecular formula is C33H34O4S. The summed E-state index contributed by atoms with van der Waals surface area (Å²) in [5, 5.41) is 0. The van der Waals surface area contributed by atoms with Crippen LogP contribution in [0.5, 0.6) is 23.0 Å². The minimum Gasteiger partial charge on any atom is -0.497 e. The lowest BCUT2D eigenvalue weighted by molar-refractivity contribution is -0.0910. The molecule has 1 heterocycles. The number of aryl methyl sites for hydroxylation is 3. The zero-order valence-corrected chi connectivity index (χ0v) is 23.1. The number of ether oxygens (including phenoxy) is 4. The van der Waals surface area contributed by atoms with Crippen molar-refractivity contribution in [3.05, 3.63) is 102 Å². The molecule has 0 spiro atoms. The summed E-state index contributed by atoms with van der Waals surface area (Å²) < 4.78 is 24.3. The van der Waals surface area contributed by atoms with Crippen molar-refractivity contribution < 1.29 is 18.9 Å². The molecule has 4 nitrogen and oxygen atoms in total. The number of para-hydroxylation sites is 1. The molecule has 5 rings (SSSR count). The Bertz CT molecular complexity index is 1400. The molecule has 1 atom stereocenters. The lowest BCUT2D eigenvalue weighted by Gasteiger charge is -2.28. The first-order valence-electron chi connectivity index (χ1n) is 13.1. The first-order valence-corrected chi connectivity index (χ1v) is 13.6. The van der Waals surface area contributed by atoms with Gasteiger partial charge in [0, 0.05) is 23.3 Å². The van der Waals surface area contributed by atoms with Gasteiger partial charge in [0.05, 0.1) is 14.2 Å². The van der Waals surface area contributed by atoms with Gasteiger partial charge >= 0.3 is 0 Å². The molecule has 0 saturated heterocycles. The van der Waals surface area contributed by atoms with Crippen LogP contribution in [-0.2, 0) is 19.3 Å². The van der Waals surface area contributed by atoms with Gasteiger partial charge in [-0.15, -0.1) is 12.6 Å². The first-order chi connectivity index (χ1) is 18.5. The van der Waals surface area contributed by atoms with E-state index in [9.17, 15) is 0 Å². The zero-order chi connectivity index (χ0) is 26.5. The van der Waals surface area contributed by atoms with E-state index in [1.807, 2.05) is 36.4 Å². The molecule has 38 heavy (non-hydrogen) atoms. The molecular weight excluding hydrogens is 492 g/mol. The third kappa shape index (κ3) is 5.63. The first kappa shape index (κ1) is 26.1. The Balaban J connectivity index is 1.46. The lowest BCUT2D eigenvalue weighted by Crippen LogP contribution is -2.39. The van der Waals surface area contributed by atoms with Gasteiger partial charge in [-0.05, 0) is 84.0 Å². The molecule has 1 aliphatic rings. The van der Waals surface area contributed by atoms with Gasteiger partial charge < -0.3 is 18.9 Å². The minimum atomic E-state index is -0.791. The van der Waals surface area contributed by atoms with E-state index in [1.165, 1.54) is 16.7 Å². The van der Waals surface area contributed by atoms with Crippen LogP contribution in [0, 0.1) is 0 Å². The van der Waals surface area contributed by atoms with Gasteiger partial charge in [-0.3, -0.25) is 0 Å². The predicted octanol–water partition coefficient (Wildman–Crippen LogP) is 7.96. The summed E-state index contributed by atoms with van der Waals surface area (Å²) in [6.07, 6.45) is 3.98. The molecule has 196 valence electrons. The van der Waals surface area contributed by atoms with E-state index < -0.39 is 5.79 Å². The molecule has 4 aromatic carbocycles. The normalized spacial score (nSPS) is 15.9. The average molecular weight is 527 g/mol. The van der Waals surface area contributed by atoms with Gasteiger partial charge in [-0.2, -0.15) is 0 Å². The molecule has 0 amide bonds. The summed E-state index contributed by atoms with van der Waals surface area (Å²) in [4.78, 5) is 0.923. The fourth-order valence-electron chi connectivity index (χ4n) is 4.96. The van der Waals surface area contributed by atoms with Crippen LogP contribution in [-0.4, -0.2) is 20.0 Å². The van der Waals surface area contributed by atoms with Crippen LogP contribution in [0.3, 0.4) is 0 Å². The van der Waals surface area contributed by atoms with Crippen molar-refractivity contribution in [3.63, 3.8) is 0 Å². The Hall–Kier alpha value is -3.57. The monoisotopic (exact) mass is 526 g/mol. The van der Waals surface area contributed by atoms with E-state index in [2.05, 4.69) is 55.5 Å². The van der Waals surface area contributed by atoms with E-state index in [-0.39, 0.29) is 0 Å². The molecule has 4 aromatic rings. The van der Waals surface area contributed by atoms with Crippen LogP contribution < -0.4 is 18.9 Å². The third-order valence-corrected chi connectivity index (χ3v) is 7.59. The second-order valence-electron chi connectivity index (χ2n) is 9.65. The van der Waals surface area contributed by atoms with E-state index in [0.29, 0.717) is 12.8 Å². The van der Waals surface area contributed by atoms with E-state index >= 15 is 0 Å². The number of hydrogen-bond donors (Lipinski definition) is 1. The van der Waals surface area contributed by atoms with Crippen molar-refractivity contribution >= 4 is 12.6 Å². The zero-order valence-electron chi connectivity index (χ0n) is 22.2. The molecule has 1 aliphatic heterocycles. The van der Waals surface area contributed by atoms with Crippen LogP contribution >= 0.6 is 12.6 Å². The summed E-state index contributed by atoms with van der Waals surface area (Å²) in [7, 11) is 3.38. The quantitative estimate of drug-likeness (QED) is 0.213. The summed E-state index contributed by atoms with van der Waals surface area (Å²) in [5.74, 6) is 2.48. The molecule has 0 aromatic heterocycles. The Labute approximate surface area is 230 Å². The standard InChI is InChI=1S/C33H34O4S/c1-4-23-13-16-31(38)29(22-23)28-9-6-10-30-32(28)37-33(36-30,19-17-24-11-14-26(34-2)15-12-24)20-18-25-7-5-8-27(21-25)35-3/h5-16,21-22,38H,4,17-20H2,1-3H3. The summed E-state index contributed by atoms with van der Waals surface area (Å²) >= 11 is 4.77. The predicted molar refractivity (Wildman–Crippen MR) is 155 cm³/mol. The third-order valence-electron chi connectivity index (χ3n) is 7.20. The molecule has 0 bridgehead atoms. The number of methoxy groups -OCH3 is 2. The van der Waals surface area contributed by atoms with Gasteiger partial charge in [0.1, 0.15) is 11.5 Å². The number of fused-ring (bicyclic) bond motifs is 1.